The summed E-state index contributed by atoms with van der Waals surface area (Å²) in [4.78, 5) is 4.17. The van der Waals surface area contributed by atoms with Crippen LogP contribution in [-0.2, 0) is 13.1 Å². The Bertz CT molecular complexity index is 546. The summed E-state index contributed by atoms with van der Waals surface area (Å²) in [6.45, 7) is 3.18. The highest BCUT2D eigenvalue weighted by Crippen LogP contribution is 2.24. The Kier molecular flexibility index (Phi) is 4.52. The minimum atomic E-state index is -0.625. The summed E-state index contributed by atoms with van der Waals surface area (Å²) in [7, 11) is 0. The lowest BCUT2D eigenvalue weighted by atomic mass is 10.3. The highest BCUT2D eigenvalue weighted by molar-refractivity contribution is 9.10. The first-order valence-electron chi connectivity index (χ1n) is 6.00. The predicted octanol–water partition coefficient (Wildman–Crippen LogP) is 3.95. The first kappa shape index (κ1) is 14.0. The van der Waals surface area contributed by atoms with Crippen molar-refractivity contribution in [2.75, 3.05) is 5.32 Å². The van der Waals surface area contributed by atoms with Crippen LogP contribution in [0.15, 0.2) is 29.0 Å². The van der Waals surface area contributed by atoms with E-state index in [-0.39, 0.29) is 12.2 Å². The molecule has 3 nitrogen and oxygen atoms in total. The van der Waals surface area contributed by atoms with Crippen LogP contribution in [0.5, 0.6) is 0 Å². The SMILES string of the molecule is CCCn1ccnc1CNc1c(F)cc(Br)cc1F. The average Bonchev–Trinajstić information content (AvgIpc) is 2.76. The number of anilines is 1. The zero-order chi connectivity index (χ0) is 13.8. The number of benzene rings is 1. The molecule has 0 amide bonds. The standard InChI is InChI=1S/C13H14BrF2N3/c1-2-4-19-5-3-17-12(19)8-18-13-10(15)6-9(14)7-11(13)16/h3,5-7,18H,2,4,8H2,1H3. The predicted molar refractivity (Wildman–Crippen MR) is 73.9 cm³/mol. The molecule has 6 heteroatoms. The molecule has 0 radical (unpaired) electrons. The molecule has 0 saturated heterocycles. The van der Waals surface area contributed by atoms with Crippen molar-refractivity contribution in [2.45, 2.75) is 26.4 Å². The third kappa shape index (κ3) is 3.32. The van der Waals surface area contributed by atoms with Crippen molar-refractivity contribution in [1.82, 2.24) is 9.55 Å². The van der Waals surface area contributed by atoms with Gasteiger partial charge in [0.15, 0.2) is 0 Å². The van der Waals surface area contributed by atoms with Gasteiger partial charge in [-0.1, -0.05) is 22.9 Å². The fourth-order valence-corrected chi connectivity index (χ4v) is 2.23. The topological polar surface area (TPSA) is 29.9 Å². The van der Waals surface area contributed by atoms with Crippen LogP contribution in [0.1, 0.15) is 19.2 Å². The Labute approximate surface area is 118 Å². The van der Waals surface area contributed by atoms with Gasteiger partial charge in [-0.3, -0.25) is 0 Å². The Morgan fingerprint density at radius 3 is 2.63 bits per heavy atom. The van der Waals surface area contributed by atoms with Gasteiger partial charge in [-0.05, 0) is 18.6 Å². The summed E-state index contributed by atoms with van der Waals surface area (Å²) >= 11 is 3.04. The number of imidazole rings is 1. The fourth-order valence-electron chi connectivity index (χ4n) is 1.83. The van der Waals surface area contributed by atoms with E-state index in [4.69, 9.17) is 0 Å². The average molecular weight is 330 g/mol. The Hall–Kier alpha value is -1.43. The Morgan fingerprint density at radius 2 is 2.00 bits per heavy atom. The van der Waals surface area contributed by atoms with E-state index in [2.05, 4.69) is 33.2 Å². The summed E-state index contributed by atoms with van der Waals surface area (Å²) in [5.41, 5.74) is -0.130. The van der Waals surface area contributed by atoms with Crippen molar-refractivity contribution >= 4 is 21.6 Å². The third-order valence-corrected chi connectivity index (χ3v) is 3.15. The van der Waals surface area contributed by atoms with Crippen LogP contribution in [0.25, 0.3) is 0 Å². The van der Waals surface area contributed by atoms with Crippen molar-refractivity contribution in [3.05, 3.63) is 46.5 Å². The van der Waals surface area contributed by atoms with E-state index in [0.717, 1.165) is 18.8 Å². The number of hydrogen-bond acceptors (Lipinski definition) is 2. The molecule has 0 saturated carbocycles. The monoisotopic (exact) mass is 329 g/mol. The second-order valence-electron chi connectivity index (χ2n) is 4.13. The summed E-state index contributed by atoms with van der Waals surface area (Å²) in [5, 5.41) is 2.76. The van der Waals surface area contributed by atoms with Gasteiger partial charge >= 0.3 is 0 Å². The molecule has 1 aromatic carbocycles. The largest absolute Gasteiger partial charge is 0.373 e. The van der Waals surface area contributed by atoms with E-state index in [0.29, 0.717) is 4.47 Å². The van der Waals surface area contributed by atoms with Gasteiger partial charge in [-0.25, -0.2) is 13.8 Å². The fraction of sp³-hybridized carbons (Fsp3) is 0.308. The summed E-state index contributed by atoms with van der Waals surface area (Å²) in [5.74, 6) is -0.496. The van der Waals surface area contributed by atoms with Crippen molar-refractivity contribution in [3.8, 4) is 0 Å². The van der Waals surface area contributed by atoms with Gasteiger partial charge in [0.25, 0.3) is 0 Å². The number of halogens is 3. The molecule has 0 aliphatic rings. The quantitative estimate of drug-likeness (QED) is 0.900. The van der Waals surface area contributed by atoms with Crippen LogP contribution in [0.3, 0.4) is 0 Å². The van der Waals surface area contributed by atoms with Crippen molar-refractivity contribution in [3.63, 3.8) is 0 Å². The maximum Gasteiger partial charge on any atom is 0.150 e. The van der Waals surface area contributed by atoms with Crippen molar-refractivity contribution in [1.29, 1.82) is 0 Å². The van der Waals surface area contributed by atoms with Gasteiger partial charge in [0, 0.05) is 23.4 Å². The zero-order valence-electron chi connectivity index (χ0n) is 10.5. The number of nitrogens with one attached hydrogen (secondary N) is 1. The molecule has 0 unspecified atom stereocenters. The molecule has 102 valence electrons. The van der Waals surface area contributed by atoms with Gasteiger partial charge in [0.2, 0.25) is 0 Å². The number of nitrogens with zero attached hydrogens (tertiary/aromatic N) is 2. The third-order valence-electron chi connectivity index (χ3n) is 2.70. The van der Waals surface area contributed by atoms with Gasteiger partial charge in [0.1, 0.15) is 23.1 Å². The minimum Gasteiger partial charge on any atom is -0.373 e. The smallest absolute Gasteiger partial charge is 0.150 e. The number of aromatic nitrogens is 2. The molecule has 0 aliphatic heterocycles. The van der Waals surface area contributed by atoms with Crippen LogP contribution in [0.4, 0.5) is 14.5 Å². The van der Waals surface area contributed by atoms with Crippen molar-refractivity contribution in [2.24, 2.45) is 0 Å². The van der Waals surface area contributed by atoms with E-state index < -0.39 is 11.6 Å². The maximum absolute atomic E-state index is 13.6. The molecule has 0 aliphatic carbocycles. The maximum atomic E-state index is 13.6. The highest BCUT2D eigenvalue weighted by Gasteiger charge is 2.11. The second kappa shape index (κ2) is 6.14. The summed E-state index contributed by atoms with van der Waals surface area (Å²) in [6, 6.07) is 2.45. The lowest BCUT2D eigenvalue weighted by molar-refractivity contribution is 0.584. The molecular formula is C13H14BrF2N3. The zero-order valence-corrected chi connectivity index (χ0v) is 12.0. The van der Waals surface area contributed by atoms with E-state index in [9.17, 15) is 8.78 Å². The lowest BCUT2D eigenvalue weighted by Gasteiger charge is -2.10. The molecule has 19 heavy (non-hydrogen) atoms. The number of rotatable bonds is 5. The molecule has 2 rings (SSSR count). The van der Waals surface area contributed by atoms with E-state index in [1.165, 1.54) is 12.1 Å². The molecule has 0 bridgehead atoms. The molecule has 1 heterocycles. The first-order valence-corrected chi connectivity index (χ1v) is 6.79. The molecule has 1 N–H and O–H groups in total. The molecule has 1 aromatic heterocycles. The van der Waals surface area contributed by atoms with E-state index >= 15 is 0 Å². The van der Waals surface area contributed by atoms with Crippen LogP contribution in [0.2, 0.25) is 0 Å². The van der Waals surface area contributed by atoms with Crippen LogP contribution in [0, 0.1) is 11.6 Å². The number of aryl methyl sites for hydroxylation is 1. The van der Waals surface area contributed by atoms with Gasteiger partial charge in [-0.2, -0.15) is 0 Å². The minimum absolute atomic E-state index is 0.130. The van der Waals surface area contributed by atoms with E-state index in [1.807, 2.05) is 10.8 Å². The van der Waals surface area contributed by atoms with Gasteiger partial charge < -0.3 is 9.88 Å². The normalized spacial score (nSPS) is 10.7. The first-order chi connectivity index (χ1) is 9.11. The van der Waals surface area contributed by atoms with Crippen LogP contribution in [-0.4, -0.2) is 9.55 Å². The molecule has 0 spiro atoms. The second-order valence-corrected chi connectivity index (χ2v) is 5.05. The Morgan fingerprint density at radius 1 is 1.32 bits per heavy atom. The Balaban J connectivity index is 2.12. The molecule has 0 fully saturated rings. The van der Waals surface area contributed by atoms with Gasteiger partial charge in [0.05, 0.1) is 6.54 Å². The van der Waals surface area contributed by atoms with Gasteiger partial charge in [-0.15, -0.1) is 0 Å². The van der Waals surface area contributed by atoms with Crippen LogP contribution >= 0.6 is 15.9 Å². The summed E-state index contributed by atoms with van der Waals surface area (Å²) < 4.78 is 29.6. The molecular weight excluding hydrogens is 316 g/mol. The lowest BCUT2D eigenvalue weighted by Crippen LogP contribution is -2.10. The highest BCUT2D eigenvalue weighted by atomic mass is 79.9. The number of hydrogen-bond donors (Lipinski definition) is 1. The molecule has 2 aromatic rings. The molecule has 0 atom stereocenters. The van der Waals surface area contributed by atoms with Crippen LogP contribution < -0.4 is 5.32 Å². The summed E-state index contributed by atoms with van der Waals surface area (Å²) in [6.07, 6.45) is 4.51. The van der Waals surface area contributed by atoms with Crippen molar-refractivity contribution < 1.29 is 8.78 Å². The van der Waals surface area contributed by atoms with E-state index in [1.54, 1.807) is 6.20 Å².